The van der Waals surface area contributed by atoms with Crippen LogP contribution in [0.3, 0.4) is 0 Å². The molecule has 0 bridgehead atoms. The predicted molar refractivity (Wildman–Crippen MR) is 67.4 cm³/mol. The number of esters is 1. The van der Waals surface area contributed by atoms with Gasteiger partial charge in [-0.1, -0.05) is 13.8 Å². The molecule has 100 valence electrons. The molecule has 6 nitrogen and oxygen atoms in total. The van der Waals surface area contributed by atoms with Crippen molar-refractivity contribution in [3.05, 3.63) is 11.3 Å². The smallest absolute Gasteiger partial charge is 0.343 e. The Morgan fingerprint density at radius 2 is 2.11 bits per heavy atom. The highest BCUT2D eigenvalue weighted by Crippen LogP contribution is 2.18. The Morgan fingerprint density at radius 3 is 2.67 bits per heavy atom. The fourth-order valence-electron chi connectivity index (χ4n) is 1.53. The number of amides is 1. The Labute approximate surface area is 106 Å². The lowest BCUT2D eigenvalue weighted by molar-refractivity contribution is -0.116. The minimum Gasteiger partial charge on any atom is -0.462 e. The van der Waals surface area contributed by atoms with Crippen molar-refractivity contribution in [1.82, 2.24) is 10.2 Å². The molecule has 18 heavy (non-hydrogen) atoms. The summed E-state index contributed by atoms with van der Waals surface area (Å²) in [6.45, 7) is 7.60. The molecule has 0 aromatic carbocycles. The highest BCUT2D eigenvalue weighted by Gasteiger charge is 2.20. The highest BCUT2D eigenvalue weighted by atomic mass is 16.5. The number of anilines is 1. The molecular weight excluding hydrogens is 234 g/mol. The van der Waals surface area contributed by atoms with E-state index in [2.05, 4.69) is 15.5 Å². The van der Waals surface area contributed by atoms with Crippen molar-refractivity contribution in [2.24, 2.45) is 5.92 Å². The summed E-state index contributed by atoms with van der Waals surface area (Å²) in [4.78, 5) is 23.4. The van der Waals surface area contributed by atoms with Gasteiger partial charge in [0.1, 0.15) is 5.56 Å². The van der Waals surface area contributed by atoms with Crippen molar-refractivity contribution in [3.63, 3.8) is 0 Å². The molecule has 0 fully saturated rings. The molecule has 1 heterocycles. The van der Waals surface area contributed by atoms with E-state index in [4.69, 9.17) is 4.74 Å². The first-order valence-electron chi connectivity index (χ1n) is 5.97. The number of H-pyrrole nitrogens is 1. The molecule has 0 aliphatic carbocycles. The number of nitrogens with zero attached hydrogens (tertiary/aromatic N) is 1. The van der Waals surface area contributed by atoms with Crippen LogP contribution in [0.4, 0.5) is 5.82 Å². The Kier molecular flexibility index (Phi) is 4.88. The summed E-state index contributed by atoms with van der Waals surface area (Å²) in [5.41, 5.74) is 0.863. The number of carbonyl (C=O) groups is 2. The lowest BCUT2D eigenvalue weighted by atomic mass is 10.1. The largest absolute Gasteiger partial charge is 0.462 e. The third kappa shape index (κ3) is 3.58. The van der Waals surface area contributed by atoms with Gasteiger partial charge in [-0.05, 0) is 19.8 Å². The van der Waals surface area contributed by atoms with Crippen molar-refractivity contribution >= 4 is 17.7 Å². The van der Waals surface area contributed by atoms with Gasteiger partial charge in [-0.15, -0.1) is 0 Å². The molecule has 0 saturated carbocycles. The van der Waals surface area contributed by atoms with Gasteiger partial charge in [0.05, 0.1) is 6.61 Å². The number of aryl methyl sites for hydroxylation is 1. The standard InChI is InChI=1S/C12H19N3O3/c1-5-18-12(17)10-8(4)14-15-11(10)13-9(16)6-7(2)3/h7H,5-6H2,1-4H3,(H2,13,14,15,16). The number of hydrogen-bond acceptors (Lipinski definition) is 4. The summed E-state index contributed by atoms with van der Waals surface area (Å²) in [6.07, 6.45) is 0.383. The van der Waals surface area contributed by atoms with E-state index in [-0.39, 0.29) is 29.8 Å². The van der Waals surface area contributed by atoms with E-state index in [0.29, 0.717) is 12.1 Å². The average molecular weight is 253 g/mol. The van der Waals surface area contributed by atoms with Crippen LogP contribution in [0, 0.1) is 12.8 Å². The average Bonchev–Trinajstić information content (AvgIpc) is 2.58. The van der Waals surface area contributed by atoms with Crippen LogP contribution in [0.1, 0.15) is 43.2 Å². The normalized spacial score (nSPS) is 10.5. The molecule has 0 saturated heterocycles. The number of carbonyl (C=O) groups excluding carboxylic acids is 2. The zero-order valence-electron chi connectivity index (χ0n) is 11.2. The molecule has 1 aromatic rings. The first kappa shape index (κ1) is 14.2. The Morgan fingerprint density at radius 1 is 1.44 bits per heavy atom. The molecule has 1 amide bonds. The number of aromatic amines is 1. The third-order valence-electron chi connectivity index (χ3n) is 2.28. The van der Waals surface area contributed by atoms with Crippen molar-refractivity contribution in [2.45, 2.75) is 34.1 Å². The number of ether oxygens (including phenoxy) is 1. The zero-order chi connectivity index (χ0) is 13.7. The Hall–Kier alpha value is -1.85. The van der Waals surface area contributed by atoms with Crippen LogP contribution in [-0.4, -0.2) is 28.7 Å². The summed E-state index contributed by atoms with van der Waals surface area (Å²) >= 11 is 0. The minimum atomic E-state index is -0.483. The first-order valence-corrected chi connectivity index (χ1v) is 5.97. The fourth-order valence-corrected chi connectivity index (χ4v) is 1.53. The van der Waals surface area contributed by atoms with E-state index >= 15 is 0 Å². The summed E-state index contributed by atoms with van der Waals surface area (Å²) in [5, 5.41) is 9.20. The Bertz CT molecular complexity index is 438. The second kappa shape index (κ2) is 6.18. The van der Waals surface area contributed by atoms with E-state index in [1.807, 2.05) is 13.8 Å². The van der Waals surface area contributed by atoms with Crippen molar-refractivity contribution in [2.75, 3.05) is 11.9 Å². The van der Waals surface area contributed by atoms with Crippen LogP contribution < -0.4 is 5.32 Å². The highest BCUT2D eigenvalue weighted by molar-refractivity contribution is 6.00. The Balaban J connectivity index is 2.83. The lowest BCUT2D eigenvalue weighted by Gasteiger charge is -2.07. The minimum absolute atomic E-state index is 0.165. The van der Waals surface area contributed by atoms with Crippen LogP contribution in [0.2, 0.25) is 0 Å². The molecule has 0 unspecified atom stereocenters. The summed E-state index contributed by atoms with van der Waals surface area (Å²) in [6, 6.07) is 0. The van der Waals surface area contributed by atoms with E-state index in [1.54, 1.807) is 13.8 Å². The van der Waals surface area contributed by atoms with Gasteiger partial charge in [0.15, 0.2) is 5.82 Å². The quantitative estimate of drug-likeness (QED) is 0.785. The van der Waals surface area contributed by atoms with Gasteiger partial charge in [0.2, 0.25) is 5.91 Å². The third-order valence-corrected chi connectivity index (χ3v) is 2.28. The second-order valence-corrected chi connectivity index (χ2v) is 4.44. The molecular formula is C12H19N3O3. The number of hydrogen-bond donors (Lipinski definition) is 2. The summed E-state index contributed by atoms with van der Waals surface area (Å²) in [5.74, 6) is -0.168. The SMILES string of the molecule is CCOC(=O)c1c(NC(=O)CC(C)C)n[nH]c1C. The van der Waals surface area contributed by atoms with E-state index in [1.165, 1.54) is 0 Å². The lowest BCUT2D eigenvalue weighted by Crippen LogP contribution is -2.17. The zero-order valence-corrected chi connectivity index (χ0v) is 11.2. The predicted octanol–water partition coefficient (Wildman–Crippen LogP) is 1.88. The number of nitrogens with one attached hydrogen (secondary N) is 2. The molecule has 6 heteroatoms. The molecule has 0 radical (unpaired) electrons. The van der Waals surface area contributed by atoms with Gasteiger partial charge in [0.25, 0.3) is 0 Å². The van der Waals surface area contributed by atoms with Gasteiger partial charge in [0, 0.05) is 12.1 Å². The van der Waals surface area contributed by atoms with Gasteiger partial charge in [-0.25, -0.2) is 4.79 Å². The summed E-state index contributed by atoms with van der Waals surface area (Å²) in [7, 11) is 0. The monoisotopic (exact) mass is 253 g/mol. The van der Waals surface area contributed by atoms with Gasteiger partial charge in [-0.2, -0.15) is 5.10 Å². The maximum atomic E-state index is 11.7. The van der Waals surface area contributed by atoms with E-state index < -0.39 is 5.97 Å². The van der Waals surface area contributed by atoms with Gasteiger partial charge < -0.3 is 10.1 Å². The van der Waals surface area contributed by atoms with Gasteiger partial charge >= 0.3 is 5.97 Å². The van der Waals surface area contributed by atoms with Crippen LogP contribution in [0.5, 0.6) is 0 Å². The van der Waals surface area contributed by atoms with Crippen LogP contribution in [0.25, 0.3) is 0 Å². The fraction of sp³-hybridized carbons (Fsp3) is 0.583. The summed E-state index contributed by atoms with van der Waals surface area (Å²) < 4.78 is 4.92. The van der Waals surface area contributed by atoms with E-state index in [0.717, 1.165) is 0 Å². The second-order valence-electron chi connectivity index (χ2n) is 4.44. The molecule has 0 atom stereocenters. The molecule has 1 aromatic heterocycles. The number of rotatable bonds is 5. The topological polar surface area (TPSA) is 84.1 Å². The van der Waals surface area contributed by atoms with Crippen LogP contribution >= 0.6 is 0 Å². The van der Waals surface area contributed by atoms with Crippen molar-refractivity contribution < 1.29 is 14.3 Å². The first-order chi connectivity index (χ1) is 8.45. The van der Waals surface area contributed by atoms with E-state index in [9.17, 15) is 9.59 Å². The van der Waals surface area contributed by atoms with Crippen molar-refractivity contribution in [3.8, 4) is 0 Å². The van der Waals surface area contributed by atoms with Crippen molar-refractivity contribution in [1.29, 1.82) is 0 Å². The molecule has 0 aliphatic heterocycles. The number of aromatic nitrogens is 2. The molecule has 1 rings (SSSR count). The maximum Gasteiger partial charge on any atom is 0.343 e. The molecule has 2 N–H and O–H groups in total. The maximum absolute atomic E-state index is 11.7. The van der Waals surface area contributed by atoms with Crippen LogP contribution in [-0.2, 0) is 9.53 Å². The van der Waals surface area contributed by atoms with Crippen LogP contribution in [0.15, 0.2) is 0 Å². The molecule has 0 aliphatic rings. The van der Waals surface area contributed by atoms with Gasteiger partial charge in [-0.3, -0.25) is 9.89 Å². The molecule has 0 spiro atoms.